The second-order valence-corrected chi connectivity index (χ2v) is 7.12. The predicted molar refractivity (Wildman–Crippen MR) is 87.5 cm³/mol. The Hall–Kier alpha value is -0.940. The van der Waals surface area contributed by atoms with Crippen LogP contribution in [0.4, 0.5) is 0 Å². The Kier molecular flexibility index (Phi) is 3.82. The average molecular weight is 308 g/mol. The van der Waals surface area contributed by atoms with E-state index in [1.807, 2.05) is 0 Å². The lowest BCUT2D eigenvalue weighted by Crippen LogP contribution is -2.25. The minimum absolute atomic E-state index is 0.109. The van der Waals surface area contributed by atoms with Crippen molar-refractivity contribution in [1.82, 2.24) is 9.55 Å². The zero-order valence-corrected chi connectivity index (χ0v) is 13.6. The summed E-state index contributed by atoms with van der Waals surface area (Å²) in [6.07, 6.45) is 6.76. The third-order valence-corrected chi connectivity index (χ3v) is 5.83. The van der Waals surface area contributed by atoms with Gasteiger partial charge in [0.2, 0.25) is 0 Å². The first kappa shape index (κ1) is 14.0. The number of aromatic amines is 1. The number of hydrogen-bond donors (Lipinski definition) is 1. The summed E-state index contributed by atoms with van der Waals surface area (Å²) >= 11 is 7.12. The van der Waals surface area contributed by atoms with E-state index in [2.05, 4.69) is 18.8 Å². The van der Waals surface area contributed by atoms with Crippen molar-refractivity contribution < 1.29 is 0 Å². The Morgan fingerprint density at radius 3 is 2.85 bits per heavy atom. The SMILES string of the molecule is CCC(C)n1c(=S)[nH]c2sc3c(c2c1=O)CCCCC3. The van der Waals surface area contributed by atoms with E-state index < -0.39 is 0 Å². The van der Waals surface area contributed by atoms with Crippen LogP contribution in [-0.2, 0) is 12.8 Å². The van der Waals surface area contributed by atoms with Crippen molar-refractivity contribution in [1.29, 1.82) is 0 Å². The molecule has 3 nitrogen and oxygen atoms in total. The molecule has 0 amide bonds. The highest BCUT2D eigenvalue weighted by Crippen LogP contribution is 2.33. The minimum Gasteiger partial charge on any atom is -0.323 e. The molecular weight excluding hydrogens is 288 g/mol. The van der Waals surface area contributed by atoms with Crippen LogP contribution in [0.15, 0.2) is 4.79 Å². The Bertz CT molecular complexity index is 754. The number of nitrogens with zero attached hydrogens (tertiary/aromatic N) is 1. The van der Waals surface area contributed by atoms with Gasteiger partial charge in [-0.15, -0.1) is 11.3 Å². The van der Waals surface area contributed by atoms with Gasteiger partial charge in [-0.1, -0.05) is 13.3 Å². The highest BCUT2D eigenvalue weighted by atomic mass is 32.1. The third kappa shape index (κ3) is 2.17. The summed E-state index contributed by atoms with van der Waals surface area (Å²) in [6, 6.07) is 0.150. The molecule has 1 aliphatic carbocycles. The number of nitrogens with one attached hydrogen (secondary N) is 1. The van der Waals surface area contributed by atoms with E-state index in [0.29, 0.717) is 4.77 Å². The Labute approximate surface area is 127 Å². The Morgan fingerprint density at radius 1 is 1.35 bits per heavy atom. The highest BCUT2D eigenvalue weighted by molar-refractivity contribution is 7.71. The molecule has 2 heterocycles. The van der Waals surface area contributed by atoms with Gasteiger partial charge >= 0.3 is 0 Å². The molecule has 0 saturated carbocycles. The lowest BCUT2D eigenvalue weighted by Gasteiger charge is -2.13. The summed E-state index contributed by atoms with van der Waals surface area (Å²) < 4.78 is 2.32. The molecule has 1 atom stereocenters. The highest BCUT2D eigenvalue weighted by Gasteiger charge is 2.20. The Balaban J connectivity index is 2.33. The fourth-order valence-electron chi connectivity index (χ4n) is 3.01. The first-order valence-corrected chi connectivity index (χ1v) is 8.65. The maximum absolute atomic E-state index is 12.9. The molecule has 0 bridgehead atoms. The zero-order chi connectivity index (χ0) is 14.3. The first-order valence-electron chi connectivity index (χ1n) is 7.42. The molecule has 0 saturated heterocycles. The fraction of sp³-hybridized carbons (Fsp3) is 0.600. The lowest BCUT2D eigenvalue weighted by atomic mass is 10.1. The Morgan fingerprint density at radius 2 is 2.10 bits per heavy atom. The number of fused-ring (bicyclic) bond motifs is 3. The number of rotatable bonds is 2. The van der Waals surface area contributed by atoms with Crippen molar-refractivity contribution in [2.24, 2.45) is 0 Å². The maximum Gasteiger partial charge on any atom is 0.263 e. The molecule has 20 heavy (non-hydrogen) atoms. The van der Waals surface area contributed by atoms with Crippen LogP contribution in [0.5, 0.6) is 0 Å². The quantitative estimate of drug-likeness (QED) is 0.661. The monoisotopic (exact) mass is 308 g/mol. The lowest BCUT2D eigenvalue weighted by molar-refractivity contribution is 0.504. The smallest absolute Gasteiger partial charge is 0.263 e. The molecule has 2 aromatic heterocycles. The minimum atomic E-state index is 0.109. The van der Waals surface area contributed by atoms with Gasteiger partial charge in [0.1, 0.15) is 4.83 Å². The van der Waals surface area contributed by atoms with Crippen molar-refractivity contribution in [3.8, 4) is 0 Å². The summed E-state index contributed by atoms with van der Waals surface area (Å²) in [6.45, 7) is 4.14. The molecule has 3 rings (SSSR count). The molecule has 108 valence electrons. The zero-order valence-electron chi connectivity index (χ0n) is 12.0. The fourth-order valence-corrected chi connectivity index (χ4v) is 4.72. The number of aryl methyl sites for hydroxylation is 2. The van der Waals surface area contributed by atoms with E-state index >= 15 is 0 Å². The van der Waals surface area contributed by atoms with Gasteiger partial charge in [0.05, 0.1) is 5.39 Å². The van der Waals surface area contributed by atoms with Crippen molar-refractivity contribution in [2.45, 2.75) is 58.4 Å². The van der Waals surface area contributed by atoms with Crippen LogP contribution >= 0.6 is 23.6 Å². The van der Waals surface area contributed by atoms with E-state index in [1.165, 1.54) is 29.7 Å². The van der Waals surface area contributed by atoms with Gasteiger partial charge in [0, 0.05) is 10.9 Å². The van der Waals surface area contributed by atoms with Crippen molar-refractivity contribution >= 4 is 33.8 Å². The van der Waals surface area contributed by atoms with Gasteiger partial charge in [-0.3, -0.25) is 9.36 Å². The van der Waals surface area contributed by atoms with E-state index in [0.717, 1.165) is 29.5 Å². The molecule has 0 aliphatic heterocycles. The molecule has 0 spiro atoms. The molecule has 0 fully saturated rings. The molecule has 0 aromatic carbocycles. The molecule has 5 heteroatoms. The van der Waals surface area contributed by atoms with Crippen molar-refractivity contribution in [3.05, 3.63) is 25.6 Å². The molecule has 2 aromatic rings. The van der Waals surface area contributed by atoms with Gasteiger partial charge in [-0.2, -0.15) is 0 Å². The number of aromatic nitrogens is 2. The van der Waals surface area contributed by atoms with E-state index in [1.54, 1.807) is 15.9 Å². The van der Waals surface area contributed by atoms with Crippen LogP contribution in [0, 0.1) is 4.77 Å². The van der Waals surface area contributed by atoms with Crippen LogP contribution in [0.1, 0.15) is 56.0 Å². The molecule has 1 aliphatic rings. The standard InChI is InChI=1S/C15H20N2OS2/c1-3-9(2)17-14(18)12-10-7-5-4-6-8-11(10)20-13(12)16-15(17)19/h9H,3-8H2,1-2H3,(H,16,19). The summed E-state index contributed by atoms with van der Waals surface area (Å²) in [5.74, 6) is 0. The summed E-state index contributed by atoms with van der Waals surface area (Å²) in [7, 11) is 0. The largest absolute Gasteiger partial charge is 0.323 e. The molecule has 0 radical (unpaired) electrons. The topological polar surface area (TPSA) is 37.8 Å². The summed E-state index contributed by atoms with van der Waals surface area (Å²) in [4.78, 5) is 18.5. The van der Waals surface area contributed by atoms with Gasteiger partial charge in [-0.25, -0.2) is 0 Å². The number of hydrogen-bond acceptors (Lipinski definition) is 3. The normalized spacial score (nSPS) is 16.9. The van der Waals surface area contributed by atoms with Crippen molar-refractivity contribution in [2.75, 3.05) is 0 Å². The van der Waals surface area contributed by atoms with Crippen LogP contribution in [0.2, 0.25) is 0 Å². The molecule has 1 unspecified atom stereocenters. The average Bonchev–Trinajstić information content (AvgIpc) is 2.60. The van der Waals surface area contributed by atoms with Gasteiger partial charge in [0.25, 0.3) is 5.56 Å². The van der Waals surface area contributed by atoms with E-state index in [-0.39, 0.29) is 11.6 Å². The van der Waals surface area contributed by atoms with Gasteiger partial charge in [0.15, 0.2) is 4.77 Å². The summed E-state index contributed by atoms with van der Waals surface area (Å²) in [5.41, 5.74) is 1.40. The second-order valence-electron chi connectivity index (χ2n) is 5.63. The second kappa shape index (κ2) is 5.45. The maximum atomic E-state index is 12.9. The first-order chi connectivity index (χ1) is 9.63. The van der Waals surface area contributed by atoms with Crippen LogP contribution < -0.4 is 5.56 Å². The van der Waals surface area contributed by atoms with E-state index in [9.17, 15) is 4.79 Å². The van der Waals surface area contributed by atoms with E-state index in [4.69, 9.17) is 12.2 Å². The molecular formula is C15H20N2OS2. The van der Waals surface area contributed by atoms with Gasteiger partial charge in [-0.05, 0) is 56.8 Å². The van der Waals surface area contributed by atoms with Gasteiger partial charge < -0.3 is 4.98 Å². The van der Waals surface area contributed by atoms with Crippen LogP contribution in [0.3, 0.4) is 0 Å². The number of thiophene rings is 1. The summed E-state index contributed by atoms with van der Waals surface area (Å²) in [5, 5.41) is 0.904. The predicted octanol–water partition coefficient (Wildman–Crippen LogP) is 4.36. The third-order valence-electron chi connectivity index (χ3n) is 4.32. The van der Waals surface area contributed by atoms with Crippen molar-refractivity contribution in [3.63, 3.8) is 0 Å². The number of H-pyrrole nitrogens is 1. The molecule has 1 N–H and O–H groups in total. The van der Waals surface area contributed by atoms with Crippen LogP contribution in [0.25, 0.3) is 10.2 Å². The van der Waals surface area contributed by atoms with Crippen LogP contribution in [-0.4, -0.2) is 9.55 Å².